The number of nitrogens with one attached hydrogen (secondary N) is 1. The predicted molar refractivity (Wildman–Crippen MR) is 78.8 cm³/mol. The van der Waals surface area contributed by atoms with Crippen LogP contribution in [0.2, 0.25) is 0 Å². The average molecular weight is 281 g/mol. The number of piperidine rings is 1. The van der Waals surface area contributed by atoms with E-state index in [0.717, 1.165) is 36.5 Å². The molecule has 0 saturated carbocycles. The lowest BCUT2D eigenvalue weighted by atomic mass is 9.91. The summed E-state index contributed by atoms with van der Waals surface area (Å²) in [4.78, 5) is 19.8. The van der Waals surface area contributed by atoms with E-state index in [0.29, 0.717) is 6.04 Å². The fourth-order valence-electron chi connectivity index (χ4n) is 2.47. The van der Waals surface area contributed by atoms with Gasteiger partial charge in [0.2, 0.25) is 0 Å². The van der Waals surface area contributed by atoms with Gasteiger partial charge in [0.05, 0.1) is 11.2 Å². The third kappa shape index (κ3) is 3.15. The molecule has 2 rings (SSSR count). The minimum absolute atomic E-state index is 0.0802. The second-order valence-corrected chi connectivity index (χ2v) is 7.01. The first-order valence-electron chi connectivity index (χ1n) is 6.84. The average Bonchev–Trinajstić information content (AvgIpc) is 2.87. The van der Waals surface area contributed by atoms with Crippen molar-refractivity contribution >= 4 is 17.2 Å². The van der Waals surface area contributed by atoms with Crippen LogP contribution in [0.4, 0.5) is 0 Å². The van der Waals surface area contributed by atoms with Crippen molar-refractivity contribution in [3.63, 3.8) is 0 Å². The van der Waals surface area contributed by atoms with E-state index >= 15 is 0 Å². The van der Waals surface area contributed by atoms with Crippen LogP contribution in [-0.4, -0.2) is 42.0 Å². The van der Waals surface area contributed by atoms with Crippen LogP contribution in [-0.2, 0) is 5.41 Å². The van der Waals surface area contributed by atoms with Gasteiger partial charge in [0.1, 0.15) is 4.88 Å². The van der Waals surface area contributed by atoms with Crippen LogP contribution in [0.25, 0.3) is 0 Å². The molecule has 0 aromatic carbocycles. The van der Waals surface area contributed by atoms with Gasteiger partial charge in [-0.3, -0.25) is 4.79 Å². The lowest BCUT2D eigenvalue weighted by Gasteiger charge is -2.32. The molecule has 19 heavy (non-hydrogen) atoms. The molecule has 1 aliphatic heterocycles. The van der Waals surface area contributed by atoms with Crippen LogP contribution in [0, 0.1) is 0 Å². The van der Waals surface area contributed by atoms with Gasteiger partial charge in [-0.05, 0) is 19.9 Å². The molecule has 1 N–H and O–H groups in total. The summed E-state index contributed by atoms with van der Waals surface area (Å²) in [7, 11) is 1.96. The van der Waals surface area contributed by atoms with Crippen molar-refractivity contribution in [2.45, 2.75) is 45.1 Å². The van der Waals surface area contributed by atoms with Crippen molar-refractivity contribution < 1.29 is 4.79 Å². The fraction of sp³-hybridized carbons (Fsp3) is 0.714. The monoisotopic (exact) mass is 281 g/mol. The molecule has 1 amide bonds. The highest BCUT2D eigenvalue weighted by Gasteiger charge is 2.30. The van der Waals surface area contributed by atoms with Crippen molar-refractivity contribution in [1.82, 2.24) is 15.2 Å². The van der Waals surface area contributed by atoms with E-state index < -0.39 is 0 Å². The molecule has 106 valence electrons. The number of nitrogens with zero attached hydrogens (tertiary/aromatic N) is 2. The van der Waals surface area contributed by atoms with Gasteiger partial charge in [0.15, 0.2) is 0 Å². The molecule has 1 fully saturated rings. The first kappa shape index (κ1) is 14.5. The molecule has 4 nitrogen and oxygen atoms in total. The number of rotatable bonds is 2. The Balaban J connectivity index is 2.18. The Bertz CT molecular complexity index is 450. The first-order chi connectivity index (χ1) is 8.93. The minimum Gasteiger partial charge on any atom is -0.336 e. The maximum absolute atomic E-state index is 12.7. The van der Waals surface area contributed by atoms with Gasteiger partial charge in [0.25, 0.3) is 5.91 Å². The van der Waals surface area contributed by atoms with Crippen molar-refractivity contribution in [3.05, 3.63) is 16.1 Å². The Labute approximate surface area is 119 Å². The van der Waals surface area contributed by atoms with E-state index in [2.05, 4.69) is 31.1 Å². The molecule has 0 radical (unpaired) electrons. The molecule has 1 aromatic rings. The Morgan fingerprint density at radius 3 is 2.89 bits per heavy atom. The zero-order valence-electron chi connectivity index (χ0n) is 12.2. The molecule has 2 heterocycles. The fourth-order valence-corrected chi connectivity index (χ4v) is 3.44. The van der Waals surface area contributed by atoms with Crippen LogP contribution in [0.5, 0.6) is 0 Å². The molecular formula is C14H23N3OS. The molecule has 0 bridgehead atoms. The summed E-state index contributed by atoms with van der Waals surface area (Å²) in [6.45, 7) is 7.97. The number of carbonyl (C=O) groups is 1. The summed E-state index contributed by atoms with van der Waals surface area (Å²) < 4.78 is 0. The highest BCUT2D eigenvalue weighted by Crippen LogP contribution is 2.28. The summed E-state index contributed by atoms with van der Waals surface area (Å²) in [6.07, 6.45) is 2.22. The topological polar surface area (TPSA) is 45.2 Å². The number of thiazole rings is 1. The third-order valence-corrected chi connectivity index (χ3v) is 4.40. The van der Waals surface area contributed by atoms with Crippen LogP contribution < -0.4 is 5.32 Å². The number of likely N-dealkylation sites (N-methyl/N-ethyl adjacent to an activating group) is 1. The summed E-state index contributed by atoms with van der Waals surface area (Å²) in [5, 5.41) is 3.27. The van der Waals surface area contributed by atoms with E-state index in [-0.39, 0.29) is 11.3 Å². The van der Waals surface area contributed by atoms with E-state index in [1.165, 1.54) is 11.3 Å². The van der Waals surface area contributed by atoms with Gasteiger partial charge in [0, 0.05) is 24.5 Å². The number of amides is 1. The standard InChI is InChI=1S/C14H23N3OS/c1-14(2,3)12-11(19-9-16-12)13(18)17-7-5-6-10(8-17)15-4/h9-10,15H,5-8H2,1-4H3/t10-/m0/s1. The van der Waals surface area contributed by atoms with Gasteiger partial charge < -0.3 is 10.2 Å². The molecule has 0 spiro atoms. The zero-order chi connectivity index (χ0) is 14.0. The summed E-state index contributed by atoms with van der Waals surface area (Å²) in [5.41, 5.74) is 2.63. The second-order valence-electron chi connectivity index (χ2n) is 6.16. The molecule has 1 aliphatic rings. The summed E-state index contributed by atoms with van der Waals surface area (Å²) >= 11 is 1.46. The number of hydrogen-bond donors (Lipinski definition) is 1. The largest absolute Gasteiger partial charge is 0.336 e. The zero-order valence-corrected chi connectivity index (χ0v) is 13.0. The van der Waals surface area contributed by atoms with Crippen molar-refractivity contribution in [1.29, 1.82) is 0 Å². The Kier molecular flexibility index (Phi) is 4.26. The first-order valence-corrected chi connectivity index (χ1v) is 7.72. The number of aromatic nitrogens is 1. The number of likely N-dealkylation sites (tertiary alicyclic amines) is 1. The third-order valence-electron chi connectivity index (χ3n) is 3.59. The molecule has 0 aliphatic carbocycles. The molecule has 1 aromatic heterocycles. The van der Waals surface area contributed by atoms with Gasteiger partial charge in [-0.25, -0.2) is 4.98 Å². The van der Waals surface area contributed by atoms with Crippen LogP contribution >= 0.6 is 11.3 Å². The van der Waals surface area contributed by atoms with Gasteiger partial charge >= 0.3 is 0 Å². The quantitative estimate of drug-likeness (QED) is 0.904. The van der Waals surface area contributed by atoms with Crippen LogP contribution in [0.15, 0.2) is 5.51 Å². The molecule has 0 unspecified atom stereocenters. The summed E-state index contributed by atoms with van der Waals surface area (Å²) in [6, 6.07) is 0.420. The lowest BCUT2D eigenvalue weighted by Crippen LogP contribution is -2.47. The molecule has 1 atom stereocenters. The molecular weight excluding hydrogens is 258 g/mol. The maximum atomic E-state index is 12.7. The molecule has 1 saturated heterocycles. The second kappa shape index (κ2) is 5.59. The van der Waals surface area contributed by atoms with Crippen LogP contribution in [0.3, 0.4) is 0 Å². The Morgan fingerprint density at radius 1 is 1.53 bits per heavy atom. The highest BCUT2D eigenvalue weighted by atomic mass is 32.1. The Hall–Kier alpha value is -0.940. The Morgan fingerprint density at radius 2 is 2.26 bits per heavy atom. The smallest absolute Gasteiger partial charge is 0.265 e. The van der Waals surface area contributed by atoms with Gasteiger partial charge in [-0.2, -0.15) is 0 Å². The van der Waals surface area contributed by atoms with Crippen molar-refractivity contribution in [2.24, 2.45) is 0 Å². The van der Waals surface area contributed by atoms with Crippen molar-refractivity contribution in [2.75, 3.05) is 20.1 Å². The number of carbonyl (C=O) groups excluding carboxylic acids is 1. The van der Waals surface area contributed by atoms with Crippen LogP contribution in [0.1, 0.15) is 49.0 Å². The lowest BCUT2D eigenvalue weighted by molar-refractivity contribution is 0.0700. The van der Waals surface area contributed by atoms with Crippen molar-refractivity contribution in [3.8, 4) is 0 Å². The van der Waals surface area contributed by atoms with Gasteiger partial charge in [-0.1, -0.05) is 20.8 Å². The van der Waals surface area contributed by atoms with E-state index in [4.69, 9.17) is 0 Å². The number of hydrogen-bond acceptors (Lipinski definition) is 4. The van der Waals surface area contributed by atoms with E-state index in [1.807, 2.05) is 11.9 Å². The SMILES string of the molecule is CN[C@H]1CCCN(C(=O)c2scnc2C(C)(C)C)C1. The van der Waals surface area contributed by atoms with Gasteiger partial charge in [-0.15, -0.1) is 11.3 Å². The normalized spacial score (nSPS) is 20.6. The van der Waals surface area contributed by atoms with E-state index in [9.17, 15) is 4.79 Å². The molecule has 5 heteroatoms. The maximum Gasteiger partial charge on any atom is 0.265 e. The van der Waals surface area contributed by atoms with E-state index in [1.54, 1.807) is 5.51 Å². The minimum atomic E-state index is -0.0802. The highest BCUT2D eigenvalue weighted by molar-refractivity contribution is 7.11. The predicted octanol–water partition coefficient (Wildman–Crippen LogP) is 2.26. The summed E-state index contributed by atoms with van der Waals surface area (Å²) in [5.74, 6) is 0.146.